The number of nitrogens with zero attached hydrogens (tertiary/aromatic N) is 3. The normalized spacial score (nSPS) is 10.8. The molecule has 0 aliphatic carbocycles. The van der Waals surface area contributed by atoms with Crippen LogP contribution in [0.25, 0.3) is 0 Å². The van der Waals surface area contributed by atoms with Crippen molar-refractivity contribution >= 4 is 11.6 Å². The van der Waals surface area contributed by atoms with Crippen LogP contribution < -0.4 is 0 Å². The Kier molecular flexibility index (Phi) is 4.94. The van der Waals surface area contributed by atoms with Crippen LogP contribution in [0.1, 0.15) is 38.3 Å². The molecule has 14 heavy (non-hydrogen) atoms. The van der Waals surface area contributed by atoms with Gasteiger partial charge in [0.25, 0.3) is 0 Å². The van der Waals surface area contributed by atoms with E-state index in [0.717, 1.165) is 49.8 Å². The summed E-state index contributed by atoms with van der Waals surface area (Å²) in [6.07, 6.45) is 4.00. The van der Waals surface area contributed by atoms with Gasteiger partial charge in [-0.15, -0.1) is 11.6 Å². The summed E-state index contributed by atoms with van der Waals surface area (Å²) >= 11 is 5.63. The van der Waals surface area contributed by atoms with E-state index in [1.54, 1.807) is 0 Å². The lowest BCUT2D eigenvalue weighted by Crippen LogP contribution is -2.05. The van der Waals surface area contributed by atoms with Crippen LogP contribution in [0, 0.1) is 0 Å². The molecule has 0 bridgehead atoms. The molecule has 0 spiro atoms. The van der Waals surface area contributed by atoms with Gasteiger partial charge in [-0.3, -0.25) is 0 Å². The second kappa shape index (κ2) is 6.02. The van der Waals surface area contributed by atoms with Gasteiger partial charge < -0.3 is 0 Å². The highest BCUT2D eigenvalue weighted by atomic mass is 35.5. The van der Waals surface area contributed by atoms with Crippen LogP contribution in [0.2, 0.25) is 0 Å². The molecular formula is C10H18ClN3. The molecule has 1 rings (SSSR count). The highest BCUT2D eigenvalue weighted by Crippen LogP contribution is 2.03. The average Bonchev–Trinajstić information content (AvgIpc) is 2.61. The molecule has 0 unspecified atom stereocenters. The van der Waals surface area contributed by atoms with Gasteiger partial charge in [-0.2, -0.15) is 5.10 Å². The maximum atomic E-state index is 5.63. The third kappa shape index (κ3) is 2.98. The van der Waals surface area contributed by atoms with E-state index in [-0.39, 0.29) is 0 Å². The number of aromatic nitrogens is 3. The molecule has 0 aliphatic rings. The van der Waals surface area contributed by atoms with Crippen LogP contribution in [0.15, 0.2) is 0 Å². The van der Waals surface area contributed by atoms with Crippen LogP contribution in [0.4, 0.5) is 0 Å². The van der Waals surface area contributed by atoms with Gasteiger partial charge in [-0.25, -0.2) is 9.67 Å². The minimum Gasteiger partial charge on any atom is -0.250 e. The van der Waals surface area contributed by atoms with Crippen molar-refractivity contribution < 1.29 is 0 Å². The van der Waals surface area contributed by atoms with Gasteiger partial charge in [-0.1, -0.05) is 13.8 Å². The van der Waals surface area contributed by atoms with E-state index < -0.39 is 0 Å². The Morgan fingerprint density at radius 2 is 2.00 bits per heavy atom. The van der Waals surface area contributed by atoms with Crippen LogP contribution >= 0.6 is 11.6 Å². The molecule has 80 valence electrons. The Labute approximate surface area is 90.5 Å². The number of unbranched alkanes of at least 4 members (excludes halogenated alkanes) is 1. The second-order valence-electron chi connectivity index (χ2n) is 3.27. The van der Waals surface area contributed by atoms with E-state index in [0.29, 0.717) is 0 Å². The molecule has 0 aliphatic heterocycles. The zero-order valence-electron chi connectivity index (χ0n) is 8.96. The van der Waals surface area contributed by atoms with Gasteiger partial charge in [0.1, 0.15) is 5.82 Å². The van der Waals surface area contributed by atoms with Crippen LogP contribution in [-0.2, 0) is 19.4 Å². The van der Waals surface area contributed by atoms with Gasteiger partial charge in [0.05, 0.1) is 0 Å². The Morgan fingerprint density at radius 3 is 2.57 bits per heavy atom. The first-order chi connectivity index (χ1) is 6.81. The van der Waals surface area contributed by atoms with Crippen molar-refractivity contribution in [2.75, 3.05) is 5.88 Å². The van der Waals surface area contributed by atoms with E-state index in [1.165, 1.54) is 0 Å². The number of hydrogen-bond acceptors (Lipinski definition) is 2. The SMILES string of the molecule is CCc1nc(CC)n(CCCCCl)n1. The van der Waals surface area contributed by atoms with Crippen molar-refractivity contribution in [3.8, 4) is 0 Å². The highest BCUT2D eigenvalue weighted by Gasteiger charge is 2.05. The maximum absolute atomic E-state index is 5.63. The van der Waals surface area contributed by atoms with E-state index in [2.05, 4.69) is 23.9 Å². The summed E-state index contributed by atoms with van der Waals surface area (Å²) in [6.45, 7) is 5.14. The van der Waals surface area contributed by atoms with Crippen LogP contribution in [0.5, 0.6) is 0 Å². The molecule has 0 aromatic carbocycles. The molecule has 1 aromatic rings. The quantitative estimate of drug-likeness (QED) is 0.539. The lowest BCUT2D eigenvalue weighted by atomic mass is 10.3. The van der Waals surface area contributed by atoms with Crippen LogP contribution in [-0.4, -0.2) is 20.6 Å². The molecular weight excluding hydrogens is 198 g/mol. The predicted octanol–water partition coefficient (Wildman–Crippen LogP) is 2.42. The van der Waals surface area contributed by atoms with Crippen molar-refractivity contribution in [1.29, 1.82) is 0 Å². The van der Waals surface area contributed by atoms with E-state index in [4.69, 9.17) is 11.6 Å². The smallest absolute Gasteiger partial charge is 0.150 e. The van der Waals surface area contributed by atoms with Gasteiger partial charge in [-0.05, 0) is 12.8 Å². The Bertz CT molecular complexity index is 270. The maximum Gasteiger partial charge on any atom is 0.150 e. The zero-order chi connectivity index (χ0) is 10.4. The van der Waals surface area contributed by atoms with Crippen molar-refractivity contribution in [3.05, 3.63) is 11.6 Å². The fourth-order valence-electron chi connectivity index (χ4n) is 1.37. The molecule has 0 radical (unpaired) electrons. The van der Waals surface area contributed by atoms with Gasteiger partial charge in [0, 0.05) is 25.3 Å². The number of alkyl halides is 1. The molecule has 1 heterocycles. The van der Waals surface area contributed by atoms with E-state index in [1.807, 2.05) is 4.68 Å². The highest BCUT2D eigenvalue weighted by molar-refractivity contribution is 6.17. The van der Waals surface area contributed by atoms with Crippen molar-refractivity contribution in [2.24, 2.45) is 0 Å². The topological polar surface area (TPSA) is 30.7 Å². The first-order valence-electron chi connectivity index (χ1n) is 5.30. The van der Waals surface area contributed by atoms with E-state index in [9.17, 15) is 0 Å². The third-order valence-corrected chi connectivity index (χ3v) is 2.45. The fourth-order valence-corrected chi connectivity index (χ4v) is 1.56. The van der Waals surface area contributed by atoms with E-state index >= 15 is 0 Å². The first kappa shape index (κ1) is 11.5. The summed E-state index contributed by atoms with van der Waals surface area (Å²) in [7, 11) is 0. The van der Waals surface area contributed by atoms with Crippen LogP contribution in [0.3, 0.4) is 0 Å². The Morgan fingerprint density at radius 1 is 1.21 bits per heavy atom. The molecule has 1 aromatic heterocycles. The van der Waals surface area contributed by atoms with Gasteiger partial charge in [0.15, 0.2) is 5.82 Å². The number of halogens is 1. The summed E-state index contributed by atoms with van der Waals surface area (Å²) in [5.74, 6) is 2.78. The summed E-state index contributed by atoms with van der Waals surface area (Å²) < 4.78 is 2.02. The Hall–Kier alpha value is -0.570. The summed E-state index contributed by atoms with van der Waals surface area (Å²) in [5.41, 5.74) is 0. The molecule has 0 atom stereocenters. The standard InChI is InChI=1S/C10H18ClN3/c1-3-9-12-10(4-2)14(13-9)8-6-5-7-11/h3-8H2,1-2H3. The molecule has 0 saturated carbocycles. The first-order valence-corrected chi connectivity index (χ1v) is 5.83. The average molecular weight is 216 g/mol. The molecule has 4 heteroatoms. The molecule has 0 fully saturated rings. The third-order valence-electron chi connectivity index (χ3n) is 2.18. The summed E-state index contributed by atoms with van der Waals surface area (Å²) in [5, 5.41) is 4.43. The minimum atomic E-state index is 0.733. The lowest BCUT2D eigenvalue weighted by molar-refractivity contribution is 0.545. The summed E-state index contributed by atoms with van der Waals surface area (Å²) in [6, 6.07) is 0. The predicted molar refractivity (Wildman–Crippen MR) is 58.7 cm³/mol. The molecule has 3 nitrogen and oxygen atoms in total. The fraction of sp³-hybridized carbons (Fsp3) is 0.800. The minimum absolute atomic E-state index is 0.733. The number of hydrogen-bond donors (Lipinski definition) is 0. The van der Waals surface area contributed by atoms with Gasteiger partial charge >= 0.3 is 0 Å². The zero-order valence-corrected chi connectivity index (χ0v) is 9.72. The second-order valence-corrected chi connectivity index (χ2v) is 3.65. The number of aryl methyl sites for hydroxylation is 3. The molecule has 0 amide bonds. The van der Waals surface area contributed by atoms with Crippen molar-refractivity contribution in [1.82, 2.24) is 14.8 Å². The largest absolute Gasteiger partial charge is 0.250 e. The lowest BCUT2D eigenvalue weighted by Gasteiger charge is -2.02. The molecule has 0 saturated heterocycles. The summed E-state index contributed by atoms with van der Waals surface area (Å²) in [4.78, 5) is 4.44. The van der Waals surface area contributed by atoms with Crippen molar-refractivity contribution in [3.63, 3.8) is 0 Å². The molecule has 0 N–H and O–H groups in total. The monoisotopic (exact) mass is 215 g/mol. The Balaban J connectivity index is 2.59. The van der Waals surface area contributed by atoms with Gasteiger partial charge in [0.2, 0.25) is 0 Å². The van der Waals surface area contributed by atoms with Crippen molar-refractivity contribution in [2.45, 2.75) is 46.1 Å². The number of rotatable bonds is 6.